The van der Waals surface area contributed by atoms with Crippen LogP contribution in [-0.2, 0) is 20.4 Å². The van der Waals surface area contributed by atoms with Crippen LogP contribution >= 0.6 is 7.82 Å². The van der Waals surface area contributed by atoms with Gasteiger partial charge < -0.3 is 35.2 Å². The molecule has 2 aromatic heterocycles. The van der Waals surface area contributed by atoms with Crippen LogP contribution in [0, 0.1) is 0 Å². The van der Waals surface area contributed by atoms with Gasteiger partial charge in [-0.1, -0.05) is 17.1 Å². The number of aliphatic hydroxyl groups excluding tert-OH is 2. The molecule has 0 amide bonds. The first-order chi connectivity index (χ1) is 16.7. The van der Waals surface area contributed by atoms with Crippen LogP contribution in [0.1, 0.15) is 11.8 Å². The number of aromatic amines is 1. The number of imidazole rings is 1. The molecule has 4 atom stereocenters. The molecule has 1 saturated heterocycles. The highest BCUT2D eigenvalue weighted by Gasteiger charge is 2.47. The van der Waals surface area contributed by atoms with E-state index in [1.165, 1.54) is 23.0 Å². The third-order valence-corrected chi connectivity index (χ3v) is 5.68. The van der Waals surface area contributed by atoms with Crippen LogP contribution in [0.25, 0.3) is 11.2 Å². The quantitative estimate of drug-likeness (QED) is 0.163. The van der Waals surface area contributed by atoms with Crippen LogP contribution in [0.2, 0.25) is 0 Å². The SMILES string of the molecule is Nc1nc2c(c(=O)[nH]1)n(Cc1cccc(OC(F)(F)F)c1)c[n+]2[C@H]1O[C@@H](COP(=O)(O)O)[C@H](O)[C@@H]1O. The molecule has 1 fully saturated rings. The minimum atomic E-state index is -4.91. The van der Waals surface area contributed by atoms with E-state index in [9.17, 15) is 32.7 Å². The average molecular weight is 538 g/mol. The summed E-state index contributed by atoms with van der Waals surface area (Å²) < 4.78 is 65.0. The fourth-order valence-electron chi connectivity index (χ4n) is 3.78. The number of phosphoric ester groups is 1. The average Bonchev–Trinajstić information content (AvgIpc) is 3.22. The highest BCUT2D eigenvalue weighted by Crippen LogP contribution is 2.38. The predicted molar refractivity (Wildman–Crippen MR) is 111 cm³/mol. The first kappa shape index (κ1) is 26.0. The van der Waals surface area contributed by atoms with Gasteiger partial charge in [0, 0.05) is 0 Å². The van der Waals surface area contributed by atoms with E-state index in [0.29, 0.717) is 5.56 Å². The number of hydrogen-bond donors (Lipinski definition) is 6. The van der Waals surface area contributed by atoms with Gasteiger partial charge in [-0.15, -0.1) is 13.2 Å². The van der Waals surface area contributed by atoms with Gasteiger partial charge in [0.25, 0.3) is 11.5 Å². The normalized spacial score (nSPS) is 22.9. The summed E-state index contributed by atoms with van der Waals surface area (Å²) in [6, 6.07) is 5.02. The largest absolute Gasteiger partial charge is 0.573 e. The van der Waals surface area contributed by atoms with Gasteiger partial charge in [0.1, 0.15) is 24.1 Å². The predicted octanol–water partition coefficient (Wildman–Crippen LogP) is -0.730. The summed E-state index contributed by atoms with van der Waals surface area (Å²) in [6.07, 6.45) is -9.69. The van der Waals surface area contributed by atoms with Crippen LogP contribution in [-0.4, -0.2) is 65.8 Å². The van der Waals surface area contributed by atoms with Crippen molar-refractivity contribution in [2.75, 3.05) is 12.3 Å². The summed E-state index contributed by atoms with van der Waals surface area (Å²) in [6.45, 7) is -0.913. The van der Waals surface area contributed by atoms with Crippen LogP contribution in [0.3, 0.4) is 0 Å². The number of hydrogen-bond acceptors (Lipinski definition) is 9. The zero-order valence-corrected chi connectivity index (χ0v) is 18.8. The molecule has 1 aromatic carbocycles. The second kappa shape index (κ2) is 9.44. The van der Waals surface area contributed by atoms with Gasteiger partial charge in [0.05, 0.1) is 13.2 Å². The molecule has 1 aliphatic rings. The van der Waals surface area contributed by atoms with Gasteiger partial charge in [-0.2, -0.15) is 0 Å². The lowest BCUT2D eigenvalue weighted by Gasteiger charge is -2.14. The van der Waals surface area contributed by atoms with E-state index in [1.54, 1.807) is 0 Å². The summed E-state index contributed by atoms with van der Waals surface area (Å²) in [5.41, 5.74) is 5.04. The van der Waals surface area contributed by atoms with Crippen molar-refractivity contribution < 1.29 is 56.3 Å². The van der Waals surface area contributed by atoms with Gasteiger partial charge in [0.15, 0.2) is 6.33 Å². The fourth-order valence-corrected chi connectivity index (χ4v) is 4.13. The number of anilines is 1. The molecule has 36 heavy (non-hydrogen) atoms. The van der Waals surface area contributed by atoms with E-state index in [-0.39, 0.29) is 23.7 Å². The molecule has 14 nitrogen and oxygen atoms in total. The molecule has 0 spiro atoms. The molecule has 4 rings (SSSR count). The molecular weight excluding hydrogens is 518 g/mol. The Balaban J connectivity index is 1.71. The number of H-pyrrole nitrogens is 1. The van der Waals surface area contributed by atoms with Crippen molar-refractivity contribution in [3.8, 4) is 5.75 Å². The Morgan fingerprint density at radius 1 is 1.28 bits per heavy atom. The van der Waals surface area contributed by atoms with Crippen molar-refractivity contribution in [1.29, 1.82) is 0 Å². The molecule has 0 unspecified atom stereocenters. The van der Waals surface area contributed by atoms with Crippen molar-refractivity contribution in [1.82, 2.24) is 14.5 Å². The fraction of sp³-hybridized carbons (Fsp3) is 0.389. The molecule has 0 radical (unpaired) electrons. The number of nitrogens with two attached hydrogens (primary N) is 1. The zero-order chi connectivity index (χ0) is 26.4. The van der Waals surface area contributed by atoms with Gasteiger partial charge in [-0.05, 0) is 17.7 Å². The van der Waals surface area contributed by atoms with E-state index >= 15 is 0 Å². The van der Waals surface area contributed by atoms with E-state index in [4.69, 9.17) is 20.3 Å². The lowest BCUT2D eigenvalue weighted by atomic mass is 10.1. The molecule has 7 N–H and O–H groups in total. The molecule has 18 heteroatoms. The third-order valence-electron chi connectivity index (χ3n) is 5.19. The Hall–Kier alpha value is -3.05. The Kier molecular flexibility index (Phi) is 6.82. The van der Waals surface area contributed by atoms with Crippen molar-refractivity contribution in [2.45, 2.75) is 37.4 Å². The summed E-state index contributed by atoms with van der Waals surface area (Å²) in [5, 5.41) is 20.8. The van der Waals surface area contributed by atoms with Gasteiger partial charge in [-0.25, -0.2) is 9.13 Å². The Morgan fingerprint density at radius 2 is 2.00 bits per heavy atom. The molecule has 1 aliphatic heterocycles. The highest BCUT2D eigenvalue weighted by molar-refractivity contribution is 7.46. The van der Waals surface area contributed by atoms with Crippen molar-refractivity contribution >= 4 is 24.9 Å². The van der Waals surface area contributed by atoms with Gasteiger partial charge in [0.2, 0.25) is 11.7 Å². The minimum absolute atomic E-state index is 0.0912. The number of nitrogens with one attached hydrogen (secondary N) is 1. The summed E-state index contributed by atoms with van der Waals surface area (Å²) in [4.78, 5) is 36.8. The number of halogens is 3. The second-order valence-corrected chi connectivity index (χ2v) is 9.04. The third kappa shape index (κ3) is 5.67. The smallest absolute Gasteiger partial charge is 0.406 e. The number of alkyl halides is 3. The van der Waals surface area contributed by atoms with Gasteiger partial charge >= 0.3 is 19.8 Å². The first-order valence-electron chi connectivity index (χ1n) is 10.1. The summed E-state index contributed by atoms with van der Waals surface area (Å²) >= 11 is 0. The monoisotopic (exact) mass is 538 g/mol. The number of nitrogens with zero attached hydrogens (tertiary/aromatic N) is 3. The number of benzene rings is 1. The molecular formula is C18H20F3N5O9P+. The standard InChI is InChI=1S/C18H19F3N5O9P/c19-18(20,21)35-9-3-1-2-8(4-9)5-25-7-26(14-11(25)15(29)24-17(22)23-14)16-13(28)12(27)10(34-16)6-33-36(30,31)32/h1-4,7,10,12-13,16,27-28H,5-6H2,(H4-,22,23,24,29,30,31,32)/p+1/t10-,12-,13-,16-/m0/s1. The number of aliphatic hydroxyl groups is 2. The van der Waals surface area contributed by atoms with Crippen LogP contribution < -0.4 is 20.6 Å². The zero-order valence-electron chi connectivity index (χ0n) is 17.9. The second-order valence-electron chi connectivity index (χ2n) is 7.80. The van der Waals surface area contributed by atoms with E-state index in [0.717, 1.165) is 16.7 Å². The van der Waals surface area contributed by atoms with E-state index in [1.807, 2.05) is 0 Å². The van der Waals surface area contributed by atoms with Crippen molar-refractivity contribution in [3.63, 3.8) is 0 Å². The minimum Gasteiger partial charge on any atom is -0.406 e. The van der Waals surface area contributed by atoms with Crippen LogP contribution in [0.5, 0.6) is 5.75 Å². The first-order valence-corrected chi connectivity index (χ1v) is 11.6. The van der Waals surface area contributed by atoms with Crippen molar-refractivity contribution in [2.24, 2.45) is 0 Å². The van der Waals surface area contributed by atoms with E-state index in [2.05, 4.69) is 19.2 Å². The molecule has 3 heterocycles. The van der Waals surface area contributed by atoms with Crippen LogP contribution in [0.15, 0.2) is 35.4 Å². The lowest BCUT2D eigenvalue weighted by Crippen LogP contribution is -2.46. The van der Waals surface area contributed by atoms with Crippen molar-refractivity contribution in [3.05, 3.63) is 46.5 Å². The Morgan fingerprint density at radius 3 is 2.67 bits per heavy atom. The van der Waals surface area contributed by atoms with Gasteiger partial charge in [-0.3, -0.25) is 18.9 Å². The number of phosphoric acid groups is 1. The van der Waals surface area contributed by atoms with Crippen LogP contribution in [0.4, 0.5) is 19.1 Å². The highest BCUT2D eigenvalue weighted by atomic mass is 31.2. The number of aromatic nitrogens is 4. The summed E-state index contributed by atoms with van der Waals surface area (Å²) in [5.74, 6) is -0.778. The molecule has 3 aromatic rings. The molecule has 0 bridgehead atoms. The Labute approximate surface area is 198 Å². The number of ether oxygens (including phenoxy) is 2. The topological polar surface area (TPSA) is 206 Å². The lowest BCUT2D eigenvalue weighted by molar-refractivity contribution is -0.745. The maximum absolute atomic E-state index is 12.7. The maximum Gasteiger partial charge on any atom is 0.573 e. The number of fused-ring (bicyclic) bond motifs is 1. The number of nitrogen functional groups attached to an aromatic ring is 1. The maximum atomic E-state index is 12.7. The Bertz CT molecular complexity index is 1370. The van der Waals surface area contributed by atoms with E-state index < -0.39 is 56.6 Å². The molecule has 0 saturated carbocycles. The number of rotatable bonds is 7. The molecule has 0 aliphatic carbocycles. The summed E-state index contributed by atoms with van der Waals surface area (Å²) in [7, 11) is -4.90. The molecule has 196 valence electrons.